The first-order chi connectivity index (χ1) is 12.2. The lowest BCUT2D eigenvalue weighted by molar-refractivity contribution is 0.554. The Balaban J connectivity index is 2.74. The molecule has 0 amide bonds. The zero-order valence-electron chi connectivity index (χ0n) is 18.4. The molecule has 0 saturated carbocycles. The first-order valence-electron chi connectivity index (χ1n) is 9.69. The summed E-state index contributed by atoms with van der Waals surface area (Å²) in [6.45, 7) is 20.8. The highest BCUT2D eigenvalue weighted by Crippen LogP contribution is 2.35. The summed E-state index contributed by atoms with van der Waals surface area (Å²) in [5.74, 6) is 2.30. The molecule has 0 saturated heterocycles. The Morgan fingerprint density at radius 2 is 1.15 bits per heavy atom. The van der Waals surface area contributed by atoms with E-state index < -0.39 is 0 Å². The molecule has 146 valence electrons. The van der Waals surface area contributed by atoms with Crippen LogP contribution in [0.3, 0.4) is 0 Å². The first-order valence-corrected chi connectivity index (χ1v) is 11.0. The average Bonchev–Trinajstić information content (AvgIpc) is 2.51. The van der Waals surface area contributed by atoms with Crippen molar-refractivity contribution in [1.29, 1.82) is 0 Å². The van der Waals surface area contributed by atoms with E-state index in [2.05, 4.69) is 92.4 Å². The molecule has 0 atom stereocenters. The molecule has 0 bridgehead atoms. The SMILES string of the molecule is CC(C)(C)c1cc(C(C)(C)C)c(P=Cc2ccc(Cl)cc2)c(C(C)(C)C)c1. The third-order valence-electron chi connectivity index (χ3n) is 4.80. The van der Waals surface area contributed by atoms with Gasteiger partial charge in [-0.1, -0.05) is 106 Å². The lowest BCUT2D eigenvalue weighted by Gasteiger charge is -2.32. The third-order valence-corrected chi connectivity index (χ3v) is 6.22. The van der Waals surface area contributed by atoms with Crippen molar-refractivity contribution in [2.45, 2.75) is 78.6 Å². The molecule has 2 rings (SSSR count). The molecule has 0 aromatic heterocycles. The van der Waals surface area contributed by atoms with E-state index >= 15 is 0 Å². The van der Waals surface area contributed by atoms with Crippen molar-refractivity contribution in [3.8, 4) is 0 Å². The second-order valence-electron chi connectivity index (χ2n) is 10.5. The molecule has 0 nitrogen and oxygen atoms in total. The van der Waals surface area contributed by atoms with Crippen LogP contribution in [0.15, 0.2) is 36.4 Å². The van der Waals surface area contributed by atoms with Gasteiger partial charge in [0.15, 0.2) is 0 Å². The summed E-state index contributed by atoms with van der Waals surface area (Å²) >= 11 is 6.04. The van der Waals surface area contributed by atoms with Crippen molar-refractivity contribution in [3.05, 3.63) is 63.7 Å². The maximum Gasteiger partial charge on any atom is 0.0406 e. The molecular formula is C25H34ClP. The Labute approximate surface area is 173 Å². The fourth-order valence-corrected chi connectivity index (χ4v) is 4.69. The van der Waals surface area contributed by atoms with E-state index in [0.717, 1.165) is 5.02 Å². The van der Waals surface area contributed by atoms with Crippen LogP contribution in [-0.2, 0) is 16.2 Å². The predicted molar refractivity (Wildman–Crippen MR) is 126 cm³/mol. The van der Waals surface area contributed by atoms with Gasteiger partial charge in [-0.15, -0.1) is 0 Å². The Bertz CT molecular complexity index is 788. The fourth-order valence-electron chi connectivity index (χ4n) is 3.04. The molecule has 2 aromatic rings. The van der Waals surface area contributed by atoms with E-state index in [1.807, 2.05) is 12.1 Å². The minimum absolute atomic E-state index is 0.0947. The van der Waals surface area contributed by atoms with Gasteiger partial charge in [0, 0.05) is 10.3 Å². The Hall–Kier alpha value is -1.10. The normalized spacial score (nSPS) is 13.4. The summed E-state index contributed by atoms with van der Waals surface area (Å²) in [7, 11) is 1.24. The molecule has 0 radical (unpaired) electrons. The zero-order valence-corrected chi connectivity index (χ0v) is 20.0. The van der Waals surface area contributed by atoms with Crippen LogP contribution in [-0.4, -0.2) is 5.80 Å². The van der Waals surface area contributed by atoms with E-state index in [1.54, 1.807) is 0 Å². The van der Waals surface area contributed by atoms with Crippen molar-refractivity contribution in [1.82, 2.24) is 0 Å². The average molecular weight is 401 g/mol. The van der Waals surface area contributed by atoms with Gasteiger partial charge in [0.2, 0.25) is 0 Å². The molecular weight excluding hydrogens is 367 g/mol. The Kier molecular flexibility index (Phi) is 6.35. The topological polar surface area (TPSA) is 0 Å². The molecule has 2 heteroatoms. The summed E-state index contributed by atoms with van der Waals surface area (Å²) in [5.41, 5.74) is 5.85. The second kappa shape index (κ2) is 7.73. The summed E-state index contributed by atoms with van der Waals surface area (Å²) in [4.78, 5) is 0. The van der Waals surface area contributed by atoms with Gasteiger partial charge in [0.1, 0.15) is 0 Å². The van der Waals surface area contributed by atoms with Crippen molar-refractivity contribution in [3.63, 3.8) is 0 Å². The van der Waals surface area contributed by atoms with Gasteiger partial charge >= 0.3 is 0 Å². The largest absolute Gasteiger partial charge is 0.0843 e. The van der Waals surface area contributed by atoms with Crippen LogP contribution >= 0.6 is 19.8 Å². The lowest BCUT2D eigenvalue weighted by atomic mass is 9.75. The van der Waals surface area contributed by atoms with Gasteiger partial charge in [-0.3, -0.25) is 0 Å². The highest BCUT2D eigenvalue weighted by atomic mass is 35.5. The fraction of sp³-hybridized carbons (Fsp3) is 0.480. The molecule has 27 heavy (non-hydrogen) atoms. The van der Waals surface area contributed by atoms with Crippen molar-refractivity contribution in [2.75, 3.05) is 0 Å². The highest BCUT2D eigenvalue weighted by molar-refractivity contribution is 7.48. The van der Waals surface area contributed by atoms with E-state index in [-0.39, 0.29) is 16.2 Å². The van der Waals surface area contributed by atoms with Crippen LogP contribution in [0.25, 0.3) is 0 Å². The Morgan fingerprint density at radius 3 is 1.52 bits per heavy atom. The standard InChI is InChI=1S/C25H34ClP/c1-23(2,3)18-14-20(24(4,5)6)22(21(15-18)25(7,8)9)27-16-17-10-12-19(26)13-11-17/h10-16H,1-9H3. The van der Waals surface area contributed by atoms with Crippen LogP contribution in [0.1, 0.15) is 84.6 Å². The summed E-state index contributed by atoms with van der Waals surface area (Å²) in [6.07, 6.45) is 0. The van der Waals surface area contributed by atoms with Gasteiger partial charge < -0.3 is 0 Å². The maximum atomic E-state index is 6.04. The van der Waals surface area contributed by atoms with E-state index in [9.17, 15) is 0 Å². The van der Waals surface area contributed by atoms with Crippen LogP contribution in [0.2, 0.25) is 5.02 Å². The van der Waals surface area contributed by atoms with Crippen LogP contribution in [0.5, 0.6) is 0 Å². The maximum absolute atomic E-state index is 6.04. The van der Waals surface area contributed by atoms with Gasteiger partial charge in [0.25, 0.3) is 0 Å². The van der Waals surface area contributed by atoms with Crippen LogP contribution in [0, 0.1) is 0 Å². The molecule has 0 aliphatic heterocycles. The van der Waals surface area contributed by atoms with Gasteiger partial charge in [0.05, 0.1) is 0 Å². The molecule has 0 heterocycles. The minimum atomic E-state index is 0.0947. The predicted octanol–water partition coefficient (Wildman–Crippen LogP) is 7.65. The van der Waals surface area contributed by atoms with Crippen LogP contribution in [0.4, 0.5) is 0 Å². The van der Waals surface area contributed by atoms with Gasteiger partial charge in [-0.2, -0.15) is 0 Å². The molecule has 0 unspecified atom stereocenters. The smallest absolute Gasteiger partial charge is 0.0406 e. The molecule has 0 N–H and O–H groups in total. The van der Waals surface area contributed by atoms with E-state index in [1.165, 1.54) is 35.8 Å². The zero-order chi connectivity index (χ0) is 20.6. The second-order valence-corrected chi connectivity index (χ2v) is 11.9. The quantitative estimate of drug-likeness (QED) is 0.454. The minimum Gasteiger partial charge on any atom is -0.0843 e. The number of rotatable bonds is 2. The first kappa shape index (κ1) is 22.2. The van der Waals surface area contributed by atoms with Gasteiger partial charge in [-0.25, -0.2) is 0 Å². The number of halogens is 1. The van der Waals surface area contributed by atoms with E-state index in [0.29, 0.717) is 0 Å². The highest BCUT2D eigenvalue weighted by Gasteiger charge is 2.28. The number of hydrogen-bond acceptors (Lipinski definition) is 0. The molecule has 0 aliphatic rings. The number of benzene rings is 2. The Morgan fingerprint density at radius 1 is 0.704 bits per heavy atom. The van der Waals surface area contributed by atoms with Crippen molar-refractivity contribution in [2.24, 2.45) is 0 Å². The monoisotopic (exact) mass is 400 g/mol. The molecule has 2 aromatic carbocycles. The summed E-state index contributed by atoms with van der Waals surface area (Å²) in [5, 5.41) is 2.22. The van der Waals surface area contributed by atoms with Crippen molar-refractivity contribution < 1.29 is 0 Å². The molecule has 0 fully saturated rings. The van der Waals surface area contributed by atoms with Gasteiger partial charge in [-0.05, 0) is 56.4 Å². The number of hydrogen-bond donors (Lipinski definition) is 0. The lowest BCUT2D eigenvalue weighted by Crippen LogP contribution is -2.29. The molecule has 0 aliphatic carbocycles. The third kappa shape index (κ3) is 5.69. The molecule has 0 spiro atoms. The van der Waals surface area contributed by atoms with Crippen molar-refractivity contribution >= 4 is 30.9 Å². The summed E-state index contributed by atoms with van der Waals surface area (Å²) < 4.78 is 0. The summed E-state index contributed by atoms with van der Waals surface area (Å²) in [6, 6.07) is 13.0. The van der Waals surface area contributed by atoms with E-state index in [4.69, 9.17) is 11.6 Å². The van der Waals surface area contributed by atoms with Crippen LogP contribution < -0.4 is 5.30 Å².